The number of carbonyl (C=O) groups excluding carboxylic acids is 3. The van der Waals surface area contributed by atoms with Gasteiger partial charge in [0.05, 0.1) is 13.7 Å². The van der Waals surface area contributed by atoms with Crippen LogP contribution in [-0.2, 0) is 23.8 Å². The third kappa shape index (κ3) is 4.65. The maximum Gasteiger partial charge on any atom is 0.410 e. The van der Waals surface area contributed by atoms with Crippen molar-refractivity contribution in [3.8, 4) is 0 Å². The molecule has 8 nitrogen and oxygen atoms in total. The van der Waals surface area contributed by atoms with E-state index in [1.54, 1.807) is 32.9 Å². The summed E-state index contributed by atoms with van der Waals surface area (Å²) in [5.41, 5.74) is -1.55. The lowest BCUT2D eigenvalue weighted by Crippen LogP contribution is -2.75. The van der Waals surface area contributed by atoms with E-state index in [0.29, 0.717) is 0 Å². The Morgan fingerprint density at radius 2 is 1.81 bits per heavy atom. The molecule has 0 saturated carbocycles. The second-order valence-electron chi connectivity index (χ2n) is 6.98. The number of ether oxygens (including phenoxy) is 3. The largest absolute Gasteiger partial charge is 0.464 e. The predicted molar refractivity (Wildman–Crippen MR) is 97.3 cm³/mol. The lowest BCUT2D eigenvalue weighted by Gasteiger charge is -2.47. The van der Waals surface area contributed by atoms with Crippen LogP contribution in [0.4, 0.5) is 4.79 Å². The number of esters is 1. The van der Waals surface area contributed by atoms with E-state index < -0.39 is 29.3 Å². The van der Waals surface area contributed by atoms with Crippen LogP contribution in [0.1, 0.15) is 26.3 Å². The fourth-order valence-electron chi connectivity index (χ4n) is 2.51. The van der Waals surface area contributed by atoms with Gasteiger partial charge in [0, 0.05) is 7.11 Å². The van der Waals surface area contributed by atoms with Gasteiger partial charge in [-0.15, -0.1) is 0 Å². The summed E-state index contributed by atoms with van der Waals surface area (Å²) in [6.07, 6.45) is 0.751. The minimum atomic E-state index is -1.59. The monoisotopic (exact) mass is 376 g/mol. The summed E-state index contributed by atoms with van der Waals surface area (Å²) in [5.74, 6) is -1.27. The Morgan fingerprint density at radius 1 is 1.19 bits per heavy atom. The van der Waals surface area contributed by atoms with Gasteiger partial charge < -0.3 is 14.2 Å². The van der Waals surface area contributed by atoms with Crippen LogP contribution in [0.5, 0.6) is 0 Å². The molecule has 146 valence electrons. The second-order valence-corrected chi connectivity index (χ2v) is 6.98. The molecule has 27 heavy (non-hydrogen) atoms. The SMILES string of the molecule is COC(=O)/C(=C/c1ccccc1)N1CC(NC(=O)OC(C)(C)C)(OC)C1=O. The van der Waals surface area contributed by atoms with Crippen molar-refractivity contribution < 1.29 is 28.6 Å². The number of β-lactam (4-membered cyclic amide) rings is 1. The Hall–Kier alpha value is -2.87. The maximum atomic E-state index is 12.7. The maximum absolute atomic E-state index is 12.7. The van der Waals surface area contributed by atoms with E-state index in [2.05, 4.69) is 5.32 Å². The van der Waals surface area contributed by atoms with Crippen molar-refractivity contribution >= 4 is 24.0 Å². The average molecular weight is 376 g/mol. The van der Waals surface area contributed by atoms with Crippen LogP contribution < -0.4 is 5.32 Å². The van der Waals surface area contributed by atoms with E-state index >= 15 is 0 Å². The number of amides is 2. The first kappa shape index (κ1) is 20.4. The van der Waals surface area contributed by atoms with Crippen LogP contribution in [0.25, 0.3) is 6.08 Å². The molecule has 0 spiro atoms. The number of alkyl carbamates (subject to hydrolysis) is 1. The van der Waals surface area contributed by atoms with Gasteiger partial charge in [0.25, 0.3) is 5.91 Å². The zero-order chi connectivity index (χ0) is 20.2. The van der Waals surface area contributed by atoms with Crippen LogP contribution in [0.3, 0.4) is 0 Å². The Kier molecular flexibility index (Phi) is 5.90. The number of carbonyl (C=O) groups is 3. The van der Waals surface area contributed by atoms with Gasteiger partial charge in [-0.3, -0.25) is 15.0 Å². The van der Waals surface area contributed by atoms with Gasteiger partial charge in [0.1, 0.15) is 11.3 Å². The van der Waals surface area contributed by atoms with E-state index in [9.17, 15) is 14.4 Å². The number of nitrogens with zero attached hydrogens (tertiary/aromatic N) is 1. The van der Waals surface area contributed by atoms with Gasteiger partial charge in [0.15, 0.2) is 0 Å². The van der Waals surface area contributed by atoms with Crippen molar-refractivity contribution in [2.75, 3.05) is 20.8 Å². The molecule has 1 N–H and O–H groups in total. The molecule has 1 saturated heterocycles. The molecule has 0 aromatic heterocycles. The second kappa shape index (κ2) is 7.79. The summed E-state index contributed by atoms with van der Waals surface area (Å²) in [5, 5.41) is 2.44. The summed E-state index contributed by atoms with van der Waals surface area (Å²) in [6.45, 7) is 5.06. The number of nitrogens with one attached hydrogen (secondary N) is 1. The number of benzene rings is 1. The summed E-state index contributed by atoms with van der Waals surface area (Å²) in [4.78, 5) is 38.2. The molecule has 0 bridgehead atoms. The van der Waals surface area contributed by atoms with Crippen molar-refractivity contribution in [1.82, 2.24) is 10.2 Å². The molecule has 1 unspecified atom stereocenters. The molecular weight excluding hydrogens is 352 g/mol. The number of hydrogen-bond acceptors (Lipinski definition) is 6. The van der Waals surface area contributed by atoms with E-state index in [4.69, 9.17) is 14.2 Å². The fourth-order valence-corrected chi connectivity index (χ4v) is 2.51. The summed E-state index contributed by atoms with van der Waals surface area (Å²) >= 11 is 0. The van der Waals surface area contributed by atoms with E-state index in [1.807, 2.05) is 18.2 Å². The smallest absolute Gasteiger partial charge is 0.410 e. The standard InChI is InChI=1S/C19H24N2O6/c1-18(2,3)27-17(24)20-19(26-5)12-21(16(19)23)14(15(22)25-4)11-13-9-7-6-8-10-13/h6-11H,12H2,1-5H3,(H,20,24)/b14-11-. The molecule has 0 aliphatic carbocycles. The highest BCUT2D eigenvalue weighted by Crippen LogP contribution is 2.30. The molecule has 0 radical (unpaired) electrons. The first-order chi connectivity index (χ1) is 12.6. The molecule has 1 fully saturated rings. The van der Waals surface area contributed by atoms with Crippen molar-refractivity contribution in [2.24, 2.45) is 0 Å². The topological polar surface area (TPSA) is 94.2 Å². The highest BCUT2D eigenvalue weighted by Gasteiger charge is 2.57. The quantitative estimate of drug-likeness (QED) is 0.365. The zero-order valence-corrected chi connectivity index (χ0v) is 16.1. The number of methoxy groups -OCH3 is 2. The molecular formula is C19H24N2O6. The molecule has 1 aliphatic rings. The van der Waals surface area contributed by atoms with Gasteiger partial charge in [-0.1, -0.05) is 30.3 Å². The molecule has 1 aromatic carbocycles. The first-order valence-corrected chi connectivity index (χ1v) is 8.35. The highest BCUT2D eigenvalue weighted by atomic mass is 16.6. The molecule has 1 aliphatic heterocycles. The normalized spacial score (nSPS) is 20.0. The predicted octanol–water partition coefficient (Wildman–Crippen LogP) is 1.91. The lowest BCUT2D eigenvalue weighted by atomic mass is 10.0. The van der Waals surface area contributed by atoms with Gasteiger partial charge in [0.2, 0.25) is 5.72 Å². The van der Waals surface area contributed by atoms with Crippen LogP contribution >= 0.6 is 0 Å². The molecule has 1 atom stereocenters. The molecule has 1 aromatic rings. The van der Waals surface area contributed by atoms with Crippen molar-refractivity contribution in [3.63, 3.8) is 0 Å². The Morgan fingerprint density at radius 3 is 2.30 bits per heavy atom. The number of likely N-dealkylation sites (tertiary alicyclic amines) is 1. The molecule has 2 rings (SSSR count). The van der Waals surface area contributed by atoms with Crippen molar-refractivity contribution in [1.29, 1.82) is 0 Å². The molecule has 8 heteroatoms. The van der Waals surface area contributed by atoms with E-state index in [1.165, 1.54) is 25.2 Å². The average Bonchev–Trinajstić information content (AvgIpc) is 2.61. The summed E-state index contributed by atoms with van der Waals surface area (Å²) in [6, 6.07) is 9.03. The minimum Gasteiger partial charge on any atom is -0.464 e. The van der Waals surface area contributed by atoms with Crippen molar-refractivity contribution in [3.05, 3.63) is 41.6 Å². The Bertz CT molecular complexity index is 753. The van der Waals surface area contributed by atoms with Crippen LogP contribution in [-0.4, -0.2) is 55.0 Å². The molecule has 2 amide bonds. The summed E-state index contributed by atoms with van der Waals surface area (Å²) in [7, 11) is 2.53. The summed E-state index contributed by atoms with van der Waals surface area (Å²) < 4.78 is 15.2. The van der Waals surface area contributed by atoms with Gasteiger partial charge in [-0.2, -0.15) is 0 Å². The third-order valence-corrected chi connectivity index (χ3v) is 3.81. The van der Waals surface area contributed by atoms with E-state index in [0.717, 1.165) is 5.56 Å². The molecule has 1 heterocycles. The van der Waals surface area contributed by atoms with E-state index in [-0.39, 0.29) is 12.2 Å². The number of rotatable bonds is 5. The Labute approximate surface area is 158 Å². The van der Waals surface area contributed by atoms with Gasteiger partial charge in [-0.25, -0.2) is 9.59 Å². The van der Waals surface area contributed by atoms with Crippen molar-refractivity contribution in [2.45, 2.75) is 32.1 Å². The Balaban J connectivity index is 2.22. The van der Waals surface area contributed by atoms with Crippen LogP contribution in [0.2, 0.25) is 0 Å². The van der Waals surface area contributed by atoms with Gasteiger partial charge in [-0.05, 0) is 32.4 Å². The third-order valence-electron chi connectivity index (χ3n) is 3.81. The lowest BCUT2D eigenvalue weighted by molar-refractivity contribution is -0.184. The highest BCUT2D eigenvalue weighted by molar-refractivity contribution is 6.04. The number of hydrogen-bond donors (Lipinski definition) is 1. The minimum absolute atomic E-state index is 0.0485. The van der Waals surface area contributed by atoms with Crippen LogP contribution in [0, 0.1) is 0 Å². The first-order valence-electron chi connectivity index (χ1n) is 8.35. The van der Waals surface area contributed by atoms with Crippen LogP contribution in [0.15, 0.2) is 36.0 Å². The van der Waals surface area contributed by atoms with Gasteiger partial charge >= 0.3 is 12.1 Å². The zero-order valence-electron chi connectivity index (χ0n) is 16.1. The fraction of sp³-hybridized carbons (Fsp3) is 0.421.